The van der Waals surface area contributed by atoms with Crippen LogP contribution in [0.2, 0.25) is 0 Å². The van der Waals surface area contributed by atoms with Crippen LogP contribution in [0.4, 0.5) is 0 Å². The van der Waals surface area contributed by atoms with Gasteiger partial charge in [0.25, 0.3) is 0 Å². The third-order valence-corrected chi connectivity index (χ3v) is 12.5. The maximum absolute atomic E-state index is 12.4. The Morgan fingerprint density at radius 3 is 1.02 bits per heavy atom. The Morgan fingerprint density at radius 1 is 0.433 bits per heavy atom. The summed E-state index contributed by atoms with van der Waals surface area (Å²) in [5.41, 5.74) is 5.31. The molecule has 2 aliphatic heterocycles. The number of carbonyl (C=O) groups is 2. The maximum atomic E-state index is 12.4. The fraction of sp³-hybridized carbons (Fsp3) is 0.480. The van der Waals surface area contributed by atoms with Gasteiger partial charge >= 0.3 is 11.9 Å². The molecule has 2 unspecified atom stereocenters. The number of esters is 2. The molecule has 0 spiro atoms. The molecule has 0 amide bonds. The summed E-state index contributed by atoms with van der Waals surface area (Å²) in [6.07, 6.45) is 4.74. The number of hydrogen-bond donors (Lipinski definition) is 6. The molecule has 2 fully saturated rings. The zero-order valence-electron chi connectivity index (χ0n) is 35.5. The Bertz CT molecular complexity index is 1570. The Hall–Kier alpha value is -4.42. The summed E-state index contributed by atoms with van der Waals surface area (Å²) in [4.78, 5) is 30.6. The van der Waals surface area contributed by atoms with E-state index in [2.05, 4.69) is 121 Å². The number of hydrogen-bond acceptors (Lipinski definition) is 6. The molecular formula is C50H70N4O6+4. The van der Waals surface area contributed by atoms with Crippen LogP contribution in [0, 0.1) is 0 Å². The van der Waals surface area contributed by atoms with Gasteiger partial charge in [-0.15, -0.1) is 0 Å². The highest BCUT2D eigenvalue weighted by atomic mass is 16.5. The van der Waals surface area contributed by atoms with Crippen LogP contribution in [0.25, 0.3) is 0 Å². The standard InChI is InChI=1S/C50H66N4O6/c55-45(37-51-29-33-53(34-30-51)49(41-19-9-5-10-20-41)42-21-11-6-12-22-42)39-59-47(57)27-17-3-1-2-4-18-28-48(58)60-40-46(56)38-52-31-35-54(36-32-52)50(43-23-13-7-14-24-43)44-25-15-8-16-26-44/h5-16,19-26,45-46,49-50,55-56H,1-4,17-18,27-40H2/p+4. The summed E-state index contributed by atoms with van der Waals surface area (Å²) in [6.45, 7) is 9.17. The molecule has 10 nitrogen and oxygen atoms in total. The molecule has 6 rings (SSSR count). The van der Waals surface area contributed by atoms with Crippen LogP contribution in [0.15, 0.2) is 121 Å². The molecule has 0 saturated carbocycles. The SMILES string of the molecule is O=C(CCCCCCCCC(=O)OCC(O)C[NH+]1CC[NH+](C(c2ccccc2)c2ccccc2)CC1)OCC(O)C[NH+]1CC[NH+](C(c2ccccc2)c2ccccc2)CC1. The van der Waals surface area contributed by atoms with Crippen molar-refractivity contribution in [3.05, 3.63) is 144 Å². The number of benzene rings is 4. The lowest BCUT2D eigenvalue weighted by Crippen LogP contribution is -3.28. The molecule has 2 atom stereocenters. The van der Waals surface area contributed by atoms with Gasteiger partial charge in [0.2, 0.25) is 0 Å². The van der Waals surface area contributed by atoms with Gasteiger partial charge in [-0.3, -0.25) is 9.59 Å². The molecule has 10 heteroatoms. The number of ether oxygens (including phenoxy) is 2. The fourth-order valence-corrected chi connectivity index (χ4v) is 9.30. The van der Waals surface area contributed by atoms with E-state index in [1.807, 2.05) is 0 Å². The monoisotopic (exact) mass is 823 g/mol. The van der Waals surface area contributed by atoms with E-state index in [4.69, 9.17) is 9.47 Å². The van der Waals surface area contributed by atoms with Gasteiger partial charge in [-0.25, -0.2) is 0 Å². The van der Waals surface area contributed by atoms with Crippen molar-refractivity contribution in [2.75, 3.05) is 78.7 Å². The normalized spacial score (nSPS) is 20.4. The van der Waals surface area contributed by atoms with Crippen LogP contribution >= 0.6 is 0 Å². The van der Waals surface area contributed by atoms with E-state index in [1.54, 1.807) is 9.80 Å². The smallest absolute Gasteiger partial charge is 0.305 e. The second-order valence-corrected chi connectivity index (χ2v) is 17.0. The molecule has 60 heavy (non-hydrogen) atoms. The van der Waals surface area contributed by atoms with Gasteiger partial charge in [-0.1, -0.05) is 147 Å². The molecule has 0 aliphatic carbocycles. The first-order valence-electron chi connectivity index (χ1n) is 22.7. The number of quaternary nitrogens is 4. The first-order chi connectivity index (χ1) is 29.4. The zero-order chi connectivity index (χ0) is 41.8. The van der Waals surface area contributed by atoms with Gasteiger partial charge in [-0.2, -0.15) is 0 Å². The number of aliphatic hydroxyl groups is 2. The second kappa shape index (κ2) is 24.7. The molecular weight excluding hydrogens is 753 g/mol. The number of unbranched alkanes of at least 4 members (excludes halogenated alkanes) is 5. The van der Waals surface area contributed by atoms with Crippen molar-refractivity contribution >= 4 is 11.9 Å². The van der Waals surface area contributed by atoms with E-state index in [-0.39, 0.29) is 25.2 Å². The third-order valence-electron chi connectivity index (χ3n) is 12.5. The molecule has 0 radical (unpaired) electrons. The van der Waals surface area contributed by atoms with Crippen LogP contribution in [-0.2, 0) is 19.1 Å². The van der Waals surface area contributed by atoms with Crippen LogP contribution in [0.5, 0.6) is 0 Å². The summed E-state index contributed by atoms with van der Waals surface area (Å²) in [6, 6.07) is 43.5. The topological polar surface area (TPSA) is 111 Å². The lowest BCUT2D eigenvalue weighted by atomic mass is 9.96. The van der Waals surface area contributed by atoms with E-state index in [1.165, 1.54) is 32.1 Å². The zero-order valence-corrected chi connectivity index (χ0v) is 35.5. The molecule has 2 aliphatic rings. The molecule has 0 aromatic heterocycles. The number of aliphatic hydroxyl groups excluding tert-OH is 2. The highest BCUT2D eigenvalue weighted by Crippen LogP contribution is 2.20. The van der Waals surface area contributed by atoms with Crippen molar-refractivity contribution in [2.24, 2.45) is 0 Å². The van der Waals surface area contributed by atoms with Crippen molar-refractivity contribution in [3.63, 3.8) is 0 Å². The van der Waals surface area contributed by atoms with Crippen molar-refractivity contribution in [2.45, 2.75) is 75.7 Å². The minimum Gasteiger partial charge on any atom is -0.463 e. The van der Waals surface area contributed by atoms with E-state index < -0.39 is 12.2 Å². The van der Waals surface area contributed by atoms with Crippen LogP contribution in [-0.4, -0.2) is 113 Å². The molecule has 0 bridgehead atoms. The van der Waals surface area contributed by atoms with Crippen molar-refractivity contribution in [3.8, 4) is 0 Å². The highest BCUT2D eigenvalue weighted by Gasteiger charge is 2.34. The second-order valence-electron chi connectivity index (χ2n) is 17.0. The van der Waals surface area contributed by atoms with Gasteiger partial charge in [0.1, 0.15) is 103 Å². The summed E-state index contributed by atoms with van der Waals surface area (Å²) >= 11 is 0. The van der Waals surface area contributed by atoms with Gasteiger partial charge in [0.15, 0.2) is 0 Å². The molecule has 2 saturated heterocycles. The predicted molar refractivity (Wildman–Crippen MR) is 233 cm³/mol. The maximum Gasteiger partial charge on any atom is 0.305 e. The Labute approximate surface area is 357 Å². The van der Waals surface area contributed by atoms with Crippen LogP contribution in [0.3, 0.4) is 0 Å². The Morgan fingerprint density at radius 2 is 0.717 bits per heavy atom. The summed E-state index contributed by atoms with van der Waals surface area (Å²) in [5, 5.41) is 21.3. The molecule has 6 N–H and O–H groups in total. The number of carbonyl (C=O) groups excluding carboxylic acids is 2. The minimum atomic E-state index is -0.665. The van der Waals surface area contributed by atoms with Crippen molar-refractivity contribution in [1.82, 2.24) is 0 Å². The first-order valence-corrected chi connectivity index (χ1v) is 22.7. The van der Waals surface area contributed by atoms with Crippen LogP contribution in [0.1, 0.15) is 85.7 Å². The average molecular weight is 823 g/mol. The average Bonchev–Trinajstić information content (AvgIpc) is 3.29. The first kappa shape index (κ1) is 45.1. The predicted octanol–water partition coefficient (Wildman–Crippen LogP) is 1.06. The van der Waals surface area contributed by atoms with Gasteiger partial charge in [0, 0.05) is 35.1 Å². The largest absolute Gasteiger partial charge is 0.463 e. The number of rotatable bonds is 23. The number of nitrogens with one attached hydrogen (secondary N) is 4. The lowest BCUT2D eigenvalue weighted by molar-refractivity contribution is -1.02. The third kappa shape index (κ3) is 14.6. The van der Waals surface area contributed by atoms with Gasteiger partial charge in [0.05, 0.1) is 0 Å². The van der Waals surface area contributed by atoms with E-state index in [0.717, 1.165) is 90.9 Å². The summed E-state index contributed by atoms with van der Waals surface area (Å²) in [5.74, 6) is -0.497. The molecule has 322 valence electrons. The van der Waals surface area contributed by atoms with Crippen molar-refractivity contribution in [1.29, 1.82) is 0 Å². The van der Waals surface area contributed by atoms with E-state index >= 15 is 0 Å². The van der Waals surface area contributed by atoms with Crippen LogP contribution < -0.4 is 19.6 Å². The van der Waals surface area contributed by atoms with Crippen molar-refractivity contribution < 1.29 is 48.9 Å². The summed E-state index contributed by atoms with van der Waals surface area (Å²) in [7, 11) is 0. The van der Waals surface area contributed by atoms with Gasteiger partial charge < -0.3 is 39.3 Å². The van der Waals surface area contributed by atoms with E-state index in [9.17, 15) is 19.8 Å². The lowest BCUT2D eigenvalue weighted by Gasteiger charge is -2.35. The molecule has 4 aromatic carbocycles. The molecule has 2 heterocycles. The summed E-state index contributed by atoms with van der Waals surface area (Å²) < 4.78 is 10.9. The highest BCUT2D eigenvalue weighted by molar-refractivity contribution is 5.69. The van der Waals surface area contributed by atoms with Gasteiger partial charge in [-0.05, 0) is 12.8 Å². The van der Waals surface area contributed by atoms with E-state index in [0.29, 0.717) is 38.0 Å². The Balaban J connectivity index is 0.754. The Kier molecular flexibility index (Phi) is 18.6. The minimum absolute atomic E-state index is 0.0481. The number of piperazine rings is 2. The molecule has 4 aromatic rings. The quantitative estimate of drug-likeness (QED) is 0.0494. The fourth-order valence-electron chi connectivity index (χ4n) is 9.30.